The van der Waals surface area contributed by atoms with E-state index in [9.17, 15) is 4.79 Å². The van der Waals surface area contributed by atoms with Crippen molar-refractivity contribution in [1.82, 2.24) is 15.5 Å². The topological polar surface area (TPSA) is 68.0 Å². The van der Waals surface area contributed by atoms with E-state index in [1.54, 1.807) is 6.07 Å². The molecule has 1 atom stereocenters. The van der Waals surface area contributed by atoms with Crippen LogP contribution in [0.3, 0.4) is 0 Å². The second-order valence-electron chi connectivity index (χ2n) is 6.38. The molecule has 1 aliphatic rings. The Bertz CT molecular complexity index is 930. The van der Waals surface area contributed by atoms with Gasteiger partial charge in [-0.1, -0.05) is 29.4 Å². The smallest absolute Gasteiger partial charge is 0.258 e. The van der Waals surface area contributed by atoms with Gasteiger partial charge in [0.05, 0.1) is 22.7 Å². The summed E-state index contributed by atoms with van der Waals surface area (Å²) in [5.41, 5.74) is 4.98. The Hall–Kier alpha value is -2.69. The van der Waals surface area contributed by atoms with Gasteiger partial charge in [-0.2, -0.15) is 0 Å². The Morgan fingerprint density at radius 2 is 2.12 bits per heavy atom. The van der Waals surface area contributed by atoms with Crippen LogP contribution < -0.4 is 5.32 Å². The molecule has 0 saturated heterocycles. The highest BCUT2D eigenvalue weighted by Crippen LogP contribution is 2.30. The molecule has 1 aromatic carbocycles. The van der Waals surface area contributed by atoms with Crippen molar-refractivity contribution in [3.63, 3.8) is 0 Å². The lowest BCUT2D eigenvalue weighted by atomic mass is 9.87. The lowest BCUT2D eigenvalue weighted by Gasteiger charge is -2.26. The van der Waals surface area contributed by atoms with Crippen LogP contribution in [0.1, 0.15) is 51.8 Å². The van der Waals surface area contributed by atoms with Gasteiger partial charge in [0.2, 0.25) is 0 Å². The maximum Gasteiger partial charge on any atom is 0.258 e. The van der Waals surface area contributed by atoms with Crippen molar-refractivity contribution < 1.29 is 9.32 Å². The van der Waals surface area contributed by atoms with Gasteiger partial charge < -0.3 is 9.84 Å². The second kappa shape index (κ2) is 5.74. The van der Waals surface area contributed by atoms with Crippen LogP contribution in [0.2, 0.25) is 0 Å². The molecular formula is C19H19N3O2. The van der Waals surface area contributed by atoms with Crippen LogP contribution in [0.25, 0.3) is 11.1 Å². The van der Waals surface area contributed by atoms with Gasteiger partial charge in [0.25, 0.3) is 11.6 Å². The Labute approximate surface area is 140 Å². The molecule has 5 nitrogen and oxygen atoms in total. The summed E-state index contributed by atoms with van der Waals surface area (Å²) >= 11 is 0. The summed E-state index contributed by atoms with van der Waals surface area (Å²) in [6, 6.07) is 10.2. The van der Waals surface area contributed by atoms with Gasteiger partial charge in [-0.15, -0.1) is 0 Å². The molecule has 5 heteroatoms. The normalized spacial score (nSPS) is 16.8. The number of aromatic nitrogens is 2. The second-order valence-corrected chi connectivity index (χ2v) is 6.38. The van der Waals surface area contributed by atoms with Gasteiger partial charge in [-0.05, 0) is 50.3 Å². The molecule has 2 heterocycles. The van der Waals surface area contributed by atoms with Gasteiger partial charge in [-0.3, -0.25) is 4.79 Å². The van der Waals surface area contributed by atoms with Gasteiger partial charge >= 0.3 is 0 Å². The fourth-order valence-electron chi connectivity index (χ4n) is 3.54. The zero-order valence-corrected chi connectivity index (χ0v) is 13.8. The van der Waals surface area contributed by atoms with Crippen molar-refractivity contribution in [1.29, 1.82) is 0 Å². The number of carbonyl (C=O) groups excluding carboxylic acids is 1. The van der Waals surface area contributed by atoms with E-state index in [0.29, 0.717) is 22.4 Å². The molecule has 0 spiro atoms. The molecular weight excluding hydrogens is 302 g/mol. The molecule has 24 heavy (non-hydrogen) atoms. The molecule has 0 fully saturated rings. The molecule has 2 aromatic heterocycles. The maximum atomic E-state index is 12.9. The van der Waals surface area contributed by atoms with E-state index in [2.05, 4.69) is 33.7 Å². The first-order valence-electron chi connectivity index (χ1n) is 8.26. The fourth-order valence-corrected chi connectivity index (χ4v) is 3.54. The van der Waals surface area contributed by atoms with Crippen LogP contribution in [-0.2, 0) is 6.42 Å². The first-order chi connectivity index (χ1) is 11.6. The lowest BCUT2D eigenvalue weighted by molar-refractivity contribution is 0.0934. The fraction of sp³-hybridized carbons (Fsp3) is 0.316. The summed E-state index contributed by atoms with van der Waals surface area (Å²) in [6.45, 7) is 3.68. The maximum absolute atomic E-state index is 12.9. The number of fused-ring (bicyclic) bond motifs is 2. The Morgan fingerprint density at radius 1 is 1.29 bits per heavy atom. The minimum absolute atomic E-state index is 0.0473. The summed E-state index contributed by atoms with van der Waals surface area (Å²) in [7, 11) is 0. The van der Waals surface area contributed by atoms with E-state index in [1.807, 2.05) is 19.9 Å². The van der Waals surface area contributed by atoms with Gasteiger partial charge in [0, 0.05) is 5.69 Å². The molecule has 0 unspecified atom stereocenters. The molecule has 122 valence electrons. The summed E-state index contributed by atoms with van der Waals surface area (Å²) < 4.78 is 5.23. The van der Waals surface area contributed by atoms with E-state index >= 15 is 0 Å². The third-order valence-corrected chi connectivity index (χ3v) is 4.66. The van der Waals surface area contributed by atoms with Crippen LogP contribution in [-0.4, -0.2) is 16.0 Å². The number of carbonyl (C=O) groups is 1. The third kappa shape index (κ3) is 2.46. The predicted octanol–water partition coefficient (Wildman–Crippen LogP) is 3.65. The van der Waals surface area contributed by atoms with E-state index in [4.69, 9.17) is 4.52 Å². The number of nitrogens with zero attached hydrogens (tertiary/aromatic N) is 2. The van der Waals surface area contributed by atoms with Gasteiger partial charge in [0.15, 0.2) is 0 Å². The molecule has 0 aliphatic heterocycles. The van der Waals surface area contributed by atoms with Gasteiger partial charge in [0.1, 0.15) is 0 Å². The van der Waals surface area contributed by atoms with E-state index in [0.717, 1.165) is 25.0 Å². The van der Waals surface area contributed by atoms with Gasteiger partial charge in [-0.25, -0.2) is 4.98 Å². The van der Waals surface area contributed by atoms with Crippen molar-refractivity contribution in [2.75, 3.05) is 0 Å². The van der Waals surface area contributed by atoms with Crippen LogP contribution in [0, 0.1) is 13.8 Å². The summed E-state index contributed by atoms with van der Waals surface area (Å²) in [5.74, 6) is -0.0986. The Morgan fingerprint density at radius 3 is 3.00 bits per heavy atom. The highest BCUT2D eigenvalue weighted by atomic mass is 16.5. The van der Waals surface area contributed by atoms with Crippen LogP contribution in [0.15, 0.2) is 34.9 Å². The van der Waals surface area contributed by atoms with Crippen molar-refractivity contribution >= 4 is 17.0 Å². The largest absolute Gasteiger partial charge is 0.345 e. The zero-order valence-electron chi connectivity index (χ0n) is 13.8. The Balaban J connectivity index is 1.70. The molecule has 0 saturated carbocycles. The van der Waals surface area contributed by atoms with Crippen LogP contribution in [0.5, 0.6) is 0 Å². The lowest BCUT2D eigenvalue weighted by Crippen LogP contribution is -2.31. The van der Waals surface area contributed by atoms with Crippen molar-refractivity contribution in [3.8, 4) is 0 Å². The summed E-state index contributed by atoms with van der Waals surface area (Å²) in [5, 5.41) is 7.83. The Kier molecular flexibility index (Phi) is 3.56. The van der Waals surface area contributed by atoms with Crippen LogP contribution in [0.4, 0.5) is 0 Å². The zero-order chi connectivity index (χ0) is 16.7. The molecule has 0 bridgehead atoms. The first-order valence-corrected chi connectivity index (χ1v) is 8.26. The van der Waals surface area contributed by atoms with E-state index in [-0.39, 0.29) is 11.9 Å². The number of hydrogen-bond donors (Lipinski definition) is 1. The first kappa shape index (κ1) is 14.9. The molecule has 1 N–H and O–H groups in total. The molecule has 1 amide bonds. The monoisotopic (exact) mass is 321 g/mol. The highest BCUT2D eigenvalue weighted by molar-refractivity contribution is 6.06. The quantitative estimate of drug-likeness (QED) is 0.782. The summed E-state index contributed by atoms with van der Waals surface area (Å²) in [4.78, 5) is 17.2. The number of rotatable bonds is 2. The SMILES string of the molecule is Cc1cc(C(=O)N[C@H]2CCCc3ccccc32)c2c(C)noc2n1. The standard InChI is InChI=1S/C19H19N3O2/c1-11-10-15(17-12(2)22-24-19(17)20-11)18(23)21-16-9-5-7-13-6-3-4-8-14(13)16/h3-4,6,8,10,16H,5,7,9H2,1-2H3,(H,21,23)/t16-/m0/s1. The average Bonchev–Trinajstić information content (AvgIpc) is 2.95. The van der Waals surface area contributed by atoms with E-state index < -0.39 is 0 Å². The van der Waals surface area contributed by atoms with Crippen molar-refractivity contribution in [2.45, 2.75) is 39.2 Å². The number of nitrogens with one attached hydrogen (secondary N) is 1. The number of hydrogen-bond acceptors (Lipinski definition) is 4. The predicted molar refractivity (Wildman–Crippen MR) is 90.9 cm³/mol. The number of benzene rings is 1. The van der Waals surface area contributed by atoms with Crippen LogP contribution >= 0.6 is 0 Å². The molecule has 1 aliphatic carbocycles. The van der Waals surface area contributed by atoms with Crippen molar-refractivity contribution in [2.24, 2.45) is 0 Å². The van der Waals surface area contributed by atoms with Crippen molar-refractivity contribution in [3.05, 3.63) is 58.4 Å². The van der Waals surface area contributed by atoms with E-state index in [1.165, 1.54) is 11.1 Å². The molecule has 0 radical (unpaired) electrons. The molecule has 4 rings (SSSR count). The minimum Gasteiger partial charge on any atom is -0.345 e. The number of aryl methyl sites for hydroxylation is 3. The highest BCUT2D eigenvalue weighted by Gasteiger charge is 2.24. The average molecular weight is 321 g/mol. The third-order valence-electron chi connectivity index (χ3n) is 4.66. The number of pyridine rings is 1. The summed E-state index contributed by atoms with van der Waals surface area (Å²) in [6.07, 6.45) is 3.11. The molecule has 3 aromatic rings. The number of amides is 1. The minimum atomic E-state index is -0.0986.